The molecule has 1 heterocycles. The highest BCUT2D eigenvalue weighted by Crippen LogP contribution is 2.26. The third kappa shape index (κ3) is 4.19. The Bertz CT molecular complexity index is 742. The van der Waals surface area contributed by atoms with Crippen LogP contribution in [0.25, 0.3) is 0 Å². The lowest BCUT2D eigenvalue weighted by Crippen LogP contribution is -2.40. The van der Waals surface area contributed by atoms with Gasteiger partial charge in [-0.05, 0) is 68.4 Å². The highest BCUT2D eigenvalue weighted by molar-refractivity contribution is 5.96. The average Bonchev–Trinajstić information content (AvgIpc) is 2.63. The number of likely N-dealkylation sites (tertiary alicyclic amines) is 1. The molecule has 1 amide bonds. The van der Waals surface area contributed by atoms with Gasteiger partial charge in [0.1, 0.15) is 11.6 Å². The van der Waals surface area contributed by atoms with E-state index in [2.05, 4.69) is 0 Å². The van der Waals surface area contributed by atoms with E-state index in [1.807, 2.05) is 17.0 Å². The molecule has 1 aliphatic heterocycles. The van der Waals surface area contributed by atoms with E-state index in [0.29, 0.717) is 17.0 Å². The highest BCUT2D eigenvalue weighted by atomic mass is 19.1. The summed E-state index contributed by atoms with van der Waals surface area (Å²) < 4.78 is 13.0. The molecular weight excluding hydrogens is 317 g/mol. The van der Waals surface area contributed by atoms with Crippen molar-refractivity contribution in [1.82, 2.24) is 4.90 Å². The minimum absolute atomic E-state index is 0.000109. The Morgan fingerprint density at radius 1 is 1.24 bits per heavy atom. The molecule has 1 fully saturated rings. The molecule has 1 N–H and O–H groups in total. The summed E-state index contributed by atoms with van der Waals surface area (Å²) in [6.45, 7) is 3.29. The molecule has 3 nitrogen and oxygen atoms in total. The topological polar surface area (TPSA) is 40.5 Å². The van der Waals surface area contributed by atoms with Crippen molar-refractivity contribution >= 4 is 5.91 Å². The van der Waals surface area contributed by atoms with E-state index in [0.717, 1.165) is 44.3 Å². The van der Waals surface area contributed by atoms with Gasteiger partial charge in [-0.3, -0.25) is 4.79 Å². The number of carbonyl (C=O) groups excluding carboxylic acids is 1. The van der Waals surface area contributed by atoms with Gasteiger partial charge in [0.05, 0.1) is 0 Å². The number of carbonyl (C=O) groups is 1. The number of phenols is 1. The molecule has 3 rings (SSSR count). The second-order valence-corrected chi connectivity index (χ2v) is 6.87. The number of hydrogen-bond donors (Lipinski definition) is 1. The van der Waals surface area contributed by atoms with E-state index in [1.165, 1.54) is 12.1 Å². The van der Waals surface area contributed by atoms with Gasteiger partial charge in [-0.2, -0.15) is 0 Å². The first-order valence-corrected chi connectivity index (χ1v) is 8.87. The van der Waals surface area contributed by atoms with Crippen molar-refractivity contribution in [3.63, 3.8) is 0 Å². The molecule has 2 aromatic carbocycles. The normalized spacial score (nSPS) is 17.5. The summed E-state index contributed by atoms with van der Waals surface area (Å²) in [7, 11) is 0. The second kappa shape index (κ2) is 7.68. The summed E-state index contributed by atoms with van der Waals surface area (Å²) in [5.41, 5.74) is 2.36. The lowest BCUT2D eigenvalue weighted by Gasteiger charge is -2.33. The molecule has 0 unspecified atom stereocenters. The van der Waals surface area contributed by atoms with Gasteiger partial charge in [-0.15, -0.1) is 0 Å². The van der Waals surface area contributed by atoms with Crippen LogP contribution in [0.5, 0.6) is 5.75 Å². The van der Waals surface area contributed by atoms with Crippen LogP contribution in [0.15, 0.2) is 42.5 Å². The molecule has 25 heavy (non-hydrogen) atoms. The predicted molar refractivity (Wildman–Crippen MR) is 96.2 cm³/mol. The van der Waals surface area contributed by atoms with Crippen LogP contribution < -0.4 is 0 Å². The van der Waals surface area contributed by atoms with Crippen molar-refractivity contribution in [2.24, 2.45) is 5.92 Å². The molecule has 0 radical (unpaired) electrons. The zero-order valence-electron chi connectivity index (χ0n) is 14.5. The molecule has 1 aliphatic rings. The van der Waals surface area contributed by atoms with Crippen LogP contribution in [-0.2, 0) is 6.42 Å². The molecule has 0 aliphatic carbocycles. The Labute approximate surface area is 148 Å². The molecule has 1 saturated heterocycles. The van der Waals surface area contributed by atoms with E-state index in [1.54, 1.807) is 25.1 Å². The van der Waals surface area contributed by atoms with Crippen molar-refractivity contribution in [2.75, 3.05) is 13.1 Å². The third-order valence-electron chi connectivity index (χ3n) is 5.10. The van der Waals surface area contributed by atoms with Crippen LogP contribution in [0.3, 0.4) is 0 Å². The van der Waals surface area contributed by atoms with Crippen molar-refractivity contribution < 1.29 is 14.3 Å². The second-order valence-electron chi connectivity index (χ2n) is 6.87. The number of benzene rings is 2. The Balaban J connectivity index is 1.61. The van der Waals surface area contributed by atoms with Crippen molar-refractivity contribution in [3.8, 4) is 5.75 Å². The minimum atomic E-state index is -0.209. The number of phenolic OH excluding ortho intramolecular Hbond substituents is 1. The summed E-state index contributed by atoms with van der Waals surface area (Å²) in [4.78, 5) is 14.7. The zero-order chi connectivity index (χ0) is 17.8. The van der Waals surface area contributed by atoms with Crippen LogP contribution in [0.1, 0.15) is 40.7 Å². The third-order valence-corrected chi connectivity index (χ3v) is 5.10. The Kier molecular flexibility index (Phi) is 5.37. The molecule has 0 bridgehead atoms. The fourth-order valence-corrected chi connectivity index (χ4v) is 3.53. The maximum atomic E-state index is 13.0. The molecule has 0 aromatic heterocycles. The quantitative estimate of drug-likeness (QED) is 0.899. The lowest BCUT2D eigenvalue weighted by molar-refractivity contribution is 0.0667. The fourth-order valence-electron chi connectivity index (χ4n) is 3.53. The number of amides is 1. The number of hydrogen-bond acceptors (Lipinski definition) is 2. The summed E-state index contributed by atoms with van der Waals surface area (Å²) in [5, 5.41) is 9.83. The van der Waals surface area contributed by atoms with E-state index in [9.17, 15) is 14.3 Å². The van der Waals surface area contributed by atoms with Gasteiger partial charge in [0, 0.05) is 24.2 Å². The summed E-state index contributed by atoms with van der Waals surface area (Å²) in [5.74, 6) is 0.413. The Morgan fingerprint density at radius 2 is 2.00 bits per heavy atom. The molecular formula is C21H24FNO2. The van der Waals surface area contributed by atoms with Gasteiger partial charge < -0.3 is 10.0 Å². The fraction of sp³-hybridized carbons (Fsp3) is 0.381. The minimum Gasteiger partial charge on any atom is -0.508 e. The van der Waals surface area contributed by atoms with Crippen molar-refractivity contribution in [1.29, 1.82) is 0 Å². The van der Waals surface area contributed by atoms with E-state index in [4.69, 9.17) is 0 Å². The summed E-state index contributed by atoms with van der Waals surface area (Å²) in [6, 6.07) is 11.8. The first-order valence-electron chi connectivity index (χ1n) is 8.87. The molecule has 0 spiro atoms. The molecule has 0 saturated carbocycles. The standard InChI is InChI=1S/C21H24FNO2/c1-15-19(5-2-6-20(15)24)21(25)23-13-3-4-17(14-23)8-7-16-9-11-18(22)12-10-16/h2,5-6,9-12,17,24H,3-4,7-8,13-14H2,1H3/t17-/m0/s1. The van der Waals surface area contributed by atoms with Crippen LogP contribution in [0.2, 0.25) is 0 Å². The Hall–Kier alpha value is -2.36. The first-order chi connectivity index (χ1) is 12.0. The van der Waals surface area contributed by atoms with Gasteiger partial charge in [-0.1, -0.05) is 18.2 Å². The lowest BCUT2D eigenvalue weighted by atomic mass is 9.91. The summed E-state index contributed by atoms with van der Waals surface area (Å²) in [6.07, 6.45) is 4.01. The molecule has 4 heteroatoms. The van der Waals surface area contributed by atoms with Gasteiger partial charge in [0.15, 0.2) is 0 Å². The smallest absolute Gasteiger partial charge is 0.254 e. The van der Waals surface area contributed by atoms with Gasteiger partial charge >= 0.3 is 0 Å². The van der Waals surface area contributed by atoms with Gasteiger partial charge in [0.2, 0.25) is 0 Å². The van der Waals surface area contributed by atoms with Gasteiger partial charge in [0.25, 0.3) is 5.91 Å². The number of aromatic hydroxyl groups is 1. The van der Waals surface area contributed by atoms with Crippen molar-refractivity contribution in [3.05, 3.63) is 65.0 Å². The monoisotopic (exact) mass is 341 g/mol. The highest BCUT2D eigenvalue weighted by Gasteiger charge is 2.25. The average molecular weight is 341 g/mol. The van der Waals surface area contributed by atoms with Crippen LogP contribution >= 0.6 is 0 Å². The molecule has 1 atom stereocenters. The van der Waals surface area contributed by atoms with Crippen LogP contribution in [0.4, 0.5) is 4.39 Å². The molecule has 132 valence electrons. The van der Waals surface area contributed by atoms with E-state index >= 15 is 0 Å². The van der Waals surface area contributed by atoms with Crippen molar-refractivity contribution in [2.45, 2.75) is 32.6 Å². The van der Waals surface area contributed by atoms with Crippen LogP contribution in [0, 0.1) is 18.7 Å². The van der Waals surface area contributed by atoms with Crippen LogP contribution in [-0.4, -0.2) is 29.0 Å². The number of nitrogens with zero attached hydrogens (tertiary/aromatic N) is 1. The maximum absolute atomic E-state index is 13.0. The number of aryl methyl sites for hydroxylation is 1. The number of rotatable bonds is 4. The van der Waals surface area contributed by atoms with E-state index in [-0.39, 0.29) is 17.5 Å². The number of halogens is 1. The molecule has 2 aromatic rings. The zero-order valence-corrected chi connectivity index (χ0v) is 14.5. The largest absolute Gasteiger partial charge is 0.508 e. The number of piperidine rings is 1. The van der Waals surface area contributed by atoms with Gasteiger partial charge in [-0.25, -0.2) is 4.39 Å². The summed E-state index contributed by atoms with van der Waals surface area (Å²) >= 11 is 0. The first kappa shape index (κ1) is 17.5. The maximum Gasteiger partial charge on any atom is 0.254 e. The Morgan fingerprint density at radius 3 is 2.76 bits per heavy atom. The SMILES string of the molecule is Cc1c(O)cccc1C(=O)N1CCC[C@@H](CCc2ccc(F)cc2)C1. The predicted octanol–water partition coefficient (Wildman–Crippen LogP) is 4.32. The van der Waals surface area contributed by atoms with E-state index < -0.39 is 0 Å².